The molecule has 0 spiro atoms. The molecule has 1 aromatic rings. The van der Waals surface area contributed by atoms with Gasteiger partial charge in [-0.2, -0.15) is 0 Å². The van der Waals surface area contributed by atoms with E-state index in [-0.39, 0.29) is 11.0 Å². The number of rotatable bonds is 1. The van der Waals surface area contributed by atoms with E-state index in [1.165, 1.54) is 0 Å². The number of aromatic amines is 1. The second kappa shape index (κ2) is 4.59. The van der Waals surface area contributed by atoms with Crippen LogP contribution < -0.4 is 5.56 Å². The fourth-order valence-corrected chi connectivity index (χ4v) is 3.24. The topological polar surface area (TPSA) is 55.0 Å². The molecule has 0 radical (unpaired) electrons. The predicted molar refractivity (Wildman–Crippen MR) is 78.8 cm³/mol. The molecule has 1 fully saturated rings. The SMILES string of the molecule is CC(C)(C)c1nc(C2(C)CCCO2)[nH]c(=O)c1I. The monoisotopic (exact) mass is 362 g/mol. The maximum atomic E-state index is 12.0. The van der Waals surface area contributed by atoms with Crippen molar-refractivity contribution in [1.29, 1.82) is 0 Å². The first-order chi connectivity index (χ1) is 8.24. The number of hydrogen-bond donors (Lipinski definition) is 1. The average Bonchev–Trinajstić information content (AvgIpc) is 2.68. The van der Waals surface area contributed by atoms with E-state index >= 15 is 0 Å². The van der Waals surface area contributed by atoms with Gasteiger partial charge in [-0.1, -0.05) is 20.8 Å². The van der Waals surface area contributed by atoms with Crippen molar-refractivity contribution in [2.24, 2.45) is 0 Å². The molecule has 2 rings (SSSR count). The third-order valence-electron chi connectivity index (χ3n) is 3.29. The van der Waals surface area contributed by atoms with Gasteiger partial charge in [0.25, 0.3) is 5.56 Å². The molecule has 1 aliphatic rings. The fraction of sp³-hybridized carbons (Fsp3) is 0.692. The van der Waals surface area contributed by atoms with Crippen molar-refractivity contribution in [2.45, 2.75) is 51.6 Å². The molecule has 1 atom stereocenters. The van der Waals surface area contributed by atoms with Gasteiger partial charge in [0, 0.05) is 12.0 Å². The summed E-state index contributed by atoms with van der Waals surface area (Å²) in [6.45, 7) is 8.93. The van der Waals surface area contributed by atoms with Crippen LogP contribution in [0.15, 0.2) is 4.79 Å². The molecule has 0 bridgehead atoms. The minimum atomic E-state index is -0.441. The standard InChI is InChI=1S/C13H19IN2O2/c1-12(2,3)9-8(14)10(17)16-11(15-9)13(4)6-5-7-18-13/h5-7H2,1-4H3,(H,15,16,17). The van der Waals surface area contributed by atoms with Gasteiger partial charge in [0.1, 0.15) is 15.0 Å². The largest absolute Gasteiger partial charge is 0.367 e. The Morgan fingerprint density at radius 3 is 2.61 bits per heavy atom. The first-order valence-electron chi connectivity index (χ1n) is 6.19. The van der Waals surface area contributed by atoms with Crippen molar-refractivity contribution in [3.8, 4) is 0 Å². The fourth-order valence-electron chi connectivity index (χ4n) is 2.17. The van der Waals surface area contributed by atoms with Crippen LogP contribution in [0, 0.1) is 3.57 Å². The van der Waals surface area contributed by atoms with E-state index in [0.717, 1.165) is 25.1 Å². The van der Waals surface area contributed by atoms with Crippen molar-refractivity contribution in [3.05, 3.63) is 25.4 Å². The van der Waals surface area contributed by atoms with E-state index in [1.54, 1.807) is 0 Å². The Labute approximate surface area is 121 Å². The summed E-state index contributed by atoms with van der Waals surface area (Å²) in [6.07, 6.45) is 1.91. The van der Waals surface area contributed by atoms with Crippen LogP contribution in [0.5, 0.6) is 0 Å². The molecule has 18 heavy (non-hydrogen) atoms. The molecule has 5 heteroatoms. The van der Waals surface area contributed by atoms with Gasteiger partial charge in [-0.3, -0.25) is 4.79 Å². The lowest BCUT2D eigenvalue weighted by molar-refractivity contribution is 0.00876. The Morgan fingerprint density at radius 1 is 1.44 bits per heavy atom. The molecule has 4 nitrogen and oxygen atoms in total. The lowest BCUT2D eigenvalue weighted by Gasteiger charge is -2.25. The zero-order valence-corrected chi connectivity index (χ0v) is 13.4. The number of nitrogens with one attached hydrogen (secondary N) is 1. The lowest BCUT2D eigenvalue weighted by atomic mass is 9.91. The summed E-state index contributed by atoms with van der Waals surface area (Å²) in [6, 6.07) is 0. The highest BCUT2D eigenvalue weighted by molar-refractivity contribution is 14.1. The highest BCUT2D eigenvalue weighted by Gasteiger charge is 2.36. The average molecular weight is 362 g/mol. The van der Waals surface area contributed by atoms with Crippen molar-refractivity contribution in [2.75, 3.05) is 6.61 Å². The number of ether oxygens (including phenoxy) is 1. The maximum Gasteiger partial charge on any atom is 0.264 e. The number of H-pyrrole nitrogens is 1. The number of hydrogen-bond acceptors (Lipinski definition) is 3. The van der Waals surface area contributed by atoms with Gasteiger partial charge in [0.05, 0.1) is 5.69 Å². The molecule has 1 unspecified atom stereocenters. The van der Waals surface area contributed by atoms with Crippen molar-refractivity contribution < 1.29 is 4.74 Å². The lowest BCUT2D eigenvalue weighted by Crippen LogP contribution is -2.32. The van der Waals surface area contributed by atoms with Crippen LogP contribution >= 0.6 is 22.6 Å². The van der Waals surface area contributed by atoms with E-state index in [1.807, 2.05) is 6.92 Å². The highest BCUT2D eigenvalue weighted by Crippen LogP contribution is 2.34. The molecule has 0 amide bonds. The van der Waals surface area contributed by atoms with E-state index < -0.39 is 5.60 Å². The quantitative estimate of drug-likeness (QED) is 0.782. The number of aromatic nitrogens is 2. The van der Waals surface area contributed by atoms with E-state index in [2.05, 4.69) is 53.3 Å². The molecular formula is C13H19IN2O2. The Kier molecular flexibility index (Phi) is 3.57. The second-order valence-corrected chi connectivity index (χ2v) is 7.09. The first kappa shape index (κ1) is 14.0. The molecule has 0 saturated carbocycles. The minimum absolute atomic E-state index is 0.0674. The summed E-state index contributed by atoms with van der Waals surface area (Å²) in [5, 5.41) is 0. The zero-order chi connectivity index (χ0) is 13.6. The van der Waals surface area contributed by atoms with Crippen LogP contribution in [0.1, 0.15) is 52.1 Å². The van der Waals surface area contributed by atoms with Gasteiger partial charge >= 0.3 is 0 Å². The molecule has 0 aliphatic carbocycles. The molecule has 1 aromatic heterocycles. The molecule has 100 valence electrons. The van der Waals surface area contributed by atoms with Gasteiger partial charge < -0.3 is 9.72 Å². The van der Waals surface area contributed by atoms with Crippen molar-refractivity contribution >= 4 is 22.6 Å². The summed E-state index contributed by atoms with van der Waals surface area (Å²) in [5.74, 6) is 0.662. The molecule has 2 heterocycles. The zero-order valence-electron chi connectivity index (χ0n) is 11.3. The van der Waals surface area contributed by atoms with Crippen LogP contribution in [-0.4, -0.2) is 16.6 Å². The van der Waals surface area contributed by atoms with Gasteiger partial charge in [-0.05, 0) is 42.4 Å². The maximum absolute atomic E-state index is 12.0. The van der Waals surface area contributed by atoms with Gasteiger partial charge in [0.15, 0.2) is 0 Å². The number of halogens is 1. The minimum Gasteiger partial charge on any atom is -0.367 e. The van der Waals surface area contributed by atoms with Gasteiger partial charge in [-0.25, -0.2) is 4.98 Å². The Bertz CT molecular complexity index is 511. The van der Waals surface area contributed by atoms with E-state index in [0.29, 0.717) is 9.39 Å². The van der Waals surface area contributed by atoms with E-state index in [9.17, 15) is 4.79 Å². The molecule has 1 saturated heterocycles. The van der Waals surface area contributed by atoms with Crippen LogP contribution in [0.4, 0.5) is 0 Å². The smallest absolute Gasteiger partial charge is 0.264 e. The van der Waals surface area contributed by atoms with Gasteiger partial charge in [-0.15, -0.1) is 0 Å². The highest BCUT2D eigenvalue weighted by atomic mass is 127. The van der Waals surface area contributed by atoms with Crippen LogP contribution in [0.25, 0.3) is 0 Å². The molecule has 1 N–H and O–H groups in total. The number of nitrogens with zero attached hydrogens (tertiary/aromatic N) is 1. The van der Waals surface area contributed by atoms with Crippen LogP contribution in [0.3, 0.4) is 0 Å². The Hall–Kier alpha value is -0.430. The Morgan fingerprint density at radius 2 is 2.11 bits per heavy atom. The summed E-state index contributed by atoms with van der Waals surface area (Å²) in [5.41, 5.74) is 0.193. The molecule has 0 aromatic carbocycles. The second-order valence-electron chi connectivity index (χ2n) is 6.01. The third-order valence-corrected chi connectivity index (χ3v) is 4.29. The predicted octanol–water partition coefficient (Wildman–Crippen LogP) is 2.70. The van der Waals surface area contributed by atoms with Crippen molar-refractivity contribution in [3.63, 3.8) is 0 Å². The summed E-state index contributed by atoms with van der Waals surface area (Å²) in [7, 11) is 0. The van der Waals surface area contributed by atoms with Crippen molar-refractivity contribution in [1.82, 2.24) is 9.97 Å². The summed E-state index contributed by atoms with van der Waals surface area (Å²) < 4.78 is 6.43. The molecule has 1 aliphatic heterocycles. The Balaban J connectivity index is 2.58. The first-order valence-corrected chi connectivity index (χ1v) is 7.27. The summed E-state index contributed by atoms with van der Waals surface area (Å²) in [4.78, 5) is 19.6. The molecular weight excluding hydrogens is 343 g/mol. The normalized spacial score (nSPS) is 24.5. The third kappa shape index (κ3) is 2.47. The van der Waals surface area contributed by atoms with Crippen LogP contribution in [-0.2, 0) is 15.8 Å². The summed E-state index contributed by atoms with van der Waals surface area (Å²) >= 11 is 2.07. The van der Waals surface area contributed by atoms with Crippen LogP contribution in [0.2, 0.25) is 0 Å². The van der Waals surface area contributed by atoms with E-state index in [4.69, 9.17) is 4.74 Å². The van der Waals surface area contributed by atoms with Gasteiger partial charge in [0.2, 0.25) is 0 Å².